The Morgan fingerprint density at radius 2 is 2.33 bits per heavy atom. The molecule has 12 heavy (non-hydrogen) atoms. The second-order valence-electron chi connectivity index (χ2n) is 2.77. The van der Waals surface area contributed by atoms with E-state index >= 15 is 0 Å². The first kappa shape index (κ1) is 8.84. The van der Waals surface area contributed by atoms with Crippen molar-refractivity contribution in [3.63, 3.8) is 0 Å². The van der Waals surface area contributed by atoms with Gasteiger partial charge in [-0.2, -0.15) is 0 Å². The van der Waals surface area contributed by atoms with Crippen molar-refractivity contribution >= 4 is 5.91 Å². The molecule has 3 heteroatoms. The normalized spacial score (nSPS) is 9.92. The zero-order valence-electron chi connectivity index (χ0n) is 7.69. The van der Waals surface area contributed by atoms with E-state index in [4.69, 9.17) is 0 Å². The summed E-state index contributed by atoms with van der Waals surface area (Å²) in [5, 5.41) is 2.58. The fraction of sp³-hybridized carbons (Fsp3) is 0.444. The Bertz CT molecular complexity index is 289. The highest BCUT2D eigenvalue weighted by Gasteiger charge is 2.07. The topological polar surface area (TPSA) is 44.9 Å². The molecule has 2 N–H and O–H groups in total. The molecule has 1 aromatic rings. The molecule has 1 rings (SSSR count). The van der Waals surface area contributed by atoms with Gasteiger partial charge in [-0.05, 0) is 25.0 Å². The monoisotopic (exact) mass is 166 g/mol. The number of rotatable bonds is 2. The summed E-state index contributed by atoms with van der Waals surface area (Å²) in [7, 11) is 1.63. The minimum Gasteiger partial charge on any atom is -0.354 e. The maximum atomic E-state index is 11.2. The Hall–Kier alpha value is -1.25. The Morgan fingerprint density at radius 3 is 2.75 bits per heavy atom. The Labute approximate surface area is 72.2 Å². The van der Waals surface area contributed by atoms with Gasteiger partial charge >= 0.3 is 0 Å². The second kappa shape index (κ2) is 3.43. The maximum Gasteiger partial charge on any atom is 0.267 e. The molecule has 0 saturated carbocycles. The third-order valence-corrected chi connectivity index (χ3v) is 1.97. The minimum absolute atomic E-state index is 0.0576. The number of nitrogens with one attached hydrogen (secondary N) is 2. The van der Waals surface area contributed by atoms with Crippen molar-refractivity contribution in [1.29, 1.82) is 0 Å². The van der Waals surface area contributed by atoms with Crippen LogP contribution in [0.5, 0.6) is 0 Å². The van der Waals surface area contributed by atoms with Gasteiger partial charge in [0.2, 0.25) is 0 Å². The van der Waals surface area contributed by atoms with Crippen LogP contribution in [0.25, 0.3) is 0 Å². The van der Waals surface area contributed by atoms with Crippen molar-refractivity contribution in [2.24, 2.45) is 0 Å². The van der Waals surface area contributed by atoms with Crippen molar-refractivity contribution in [3.05, 3.63) is 23.0 Å². The second-order valence-corrected chi connectivity index (χ2v) is 2.77. The highest BCUT2D eigenvalue weighted by atomic mass is 16.1. The fourth-order valence-corrected chi connectivity index (χ4v) is 1.23. The van der Waals surface area contributed by atoms with Crippen LogP contribution in [0.3, 0.4) is 0 Å². The van der Waals surface area contributed by atoms with Crippen molar-refractivity contribution in [2.45, 2.75) is 20.3 Å². The van der Waals surface area contributed by atoms with Gasteiger partial charge in [-0.3, -0.25) is 4.79 Å². The van der Waals surface area contributed by atoms with Crippen molar-refractivity contribution in [1.82, 2.24) is 10.3 Å². The maximum absolute atomic E-state index is 11.2. The average molecular weight is 166 g/mol. The van der Waals surface area contributed by atoms with Gasteiger partial charge < -0.3 is 10.3 Å². The summed E-state index contributed by atoms with van der Waals surface area (Å²) in [6, 6.07) is 1.90. The Morgan fingerprint density at radius 1 is 1.67 bits per heavy atom. The highest BCUT2D eigenvalue weighted by molar-refractivity contribution is 5.92. The van der Waals surface area contributed by atoms with Crippen LogP contribution in [-0.4, -0.2) is 17.9 Å². The molecule has 0 fully saturated rings. The molecule has 1 amide bonds. The smallest absolute Gasteiger partial charge is 0.267 e. The number of carbonyl (C=O) groups excluding carboxylic acids is 1. The molecule has 0 aliphatic carbocycles. The first-order valence-corrected chi connectivity index (χ1v) is 4.09. The van der Waals surface area contributed by atoms with E-state index in [-0.39, 0.29) is 5.91 Å². The average Bonchev–Trinajstić information content (AvgIpc) is 2.45. The van der Waals surface area contributed by atoms with E-state index < -0.39 is 0 Å². The summed E-state index contributed by atoms with van der Waals surface area (Å²) in [4.78, 5) is 14.2. The lowest BCUT2D eigenvalue weighted by molar-refractivity contribution is 0.0958. The first-order chi connectivity index (χ1) is 5.69. The molecule has 0 atom stereocenters. The zero-order valence-corrected chi connectivity index (χ0v) is 7.69. The first-order valence-electron chi connectivity index (χ1n) is 4.09. The van der Waals surface area contributed by atoms with E-state index in [1.165, 1.54) is 5.56 Å². The van der Waals surface area contributed by atoms with E-state index in [2.05, 4.69) is 17.2 Å². The van der Waals surface area contributed by atoms with Gasteiger partial charge in [0, 0.05) is 12.7 Å². The van der Waals surface area contributed by atoms with E-state index in [1.54, 1.807) is 7.05 Å². The van der Waals surface area contributed by atoms with E-state index in [0.29, 0.717) is 5.69 Å². The van der Waals surface area contributed by atoms with Crippen LogP contribution < -0.4 is 5.32 Å². The third kappa shape index (κ3) is 1.49. The molecule has 0 saturated heterocycles. The van der Waals surface area contributed by atoms with Gasteiger partial charge in [0.05, 0.1) is 0 Å². The van der Waals surface area contributed by atoms with Crippen LogP contribution >= 0.6 is 0 Å². The van der Waals surface area contributed by atoms with Crippen molar-refractivity contribution in [3.8, 4) is 0 Å². The van der Waals surface area contributed by atoms with Crippen LogP contribution in [0.2, 0.25) is 0 Å². The number of hydrogen-bond donors (Lipinski definition) is 2. The summed E-state index contributed by atoms with van der Waals surface area (Å²) < 4.78 is 0. The number of aromatic amines is 1. The largest absolute Gasteiger partial charge is 0.354 e. The Kier molecular flexibility index (Phi) is 2.53. The molecule has 1 heterocycles. The third-order valence-electron chi connectivity index (χ3n) is 1.97. The number of aromatic nitrogens is 1. The van der Waals surface area contributed by atoms with Crippen LogP contribution in [0, 0.1) is 6.92 Å². The quantitative estimate of drug-likeness (QED) is 0.682. The molecule has 0 aliphatic rings. The molecule has 0 bridgehead atoms. The minimum atomic E-state index is -0.0576. The van der Waals surface area contributed by atoms with Crippen LogP contribution in [0.15, 0.2) is 6.07 Å². The summed E-state index contributed by atoms with van der Waals surface area (Å²) in [6.07, 6.45) is 0.958. The molecule has 0 radical (unpaired) electrons. The standard InChI is InChI=1S/C9H14N2O/c1-4-7-5-8(9(12)10-3)11-6(7)2/h5,11H,4H2,1-3H3,(H,10,12). The van der Waals surface area contributed by atoms with Crippen molar-refractivity contribution in [2.75, 3.05) is 7.05 Å². The number of aryl methyl sites for hydroxylation is 2. The predicted octanol–water partition coefficient (Wildman–Crippen LogP) is 1.25. The molecule has 0 aliphatic heterocycles. The lowest BCUT2D eigenvalue weighted by Gasteiger charge is -1.92. The Balaban J connectivity index is 2.96. The van der Waals surface area contributed by atoms with Gasteiger partial charge in [0.15, 0.2) is 0 Å². The summed E-state index contributed by atoms with van der Waals surface area (Å²) in [5.41, 5.74) is 2.93. The van der Waals surface area contributed by atoms with Crippen LogP contribution in [0.4, 0.5) is 0 Å². The highest BCUT2D eigenvalue weighted by Crippen LogP contribution is 2.09. The molecule has 3 nitrogen and oxygen atoms in total. The predicted molar refractivity (Wildman–Crippen MR) is 48.3 cm³/mol. The molecule has 0 unspecified atom stereocenters. The van der Waals surface area contributed by atoms with E-state index in [0.717, 1.165) is 12.1 Å². The summed E-state index contributed by atoms with van der Waals surface area (Å²) >= 11 is 0. The lowest BCUT2D eigenvalue weighted by atomic mass is 10.2. The molecule has 1 aromatic heterocycles. The van der Waals surface area contributed by atoms with Gasteiger partial charge in [0.25, 0.3) is 5.91 Å². The molecular weight excluding hydrogens is 152 g/mol. The number of amides is 1. The van der Waals surface area contributed by atoms with Gasteiger partial charge in [-0.15, -0.1) is 0 Å². The van der Waals surface area contributed by atoms with Crippen LogP contribution in [-0.2, 0) is 6.42 Å². The molecule has 66 valence electrons. The van der Waals surface area contributed by atoms with Gasteiger partial charge in [-0.25, -0.2) is 0 Å². The lowest BCUT2D eigenvalue weighted by Crippen LogP contribution is -2.17. The zero-order chi connectivity index (χ0) is 9.14. The number of H-pyrrole nitrogens is 1. The number of hydrogen-bond acceptors (Lipinski definition) is 1. The fourth-order valence-electron chi connectivity index (χ4n) is 1.23. The van der Waals surface area contributed by atoms with E-state index in [9.17, 15) is 4.79 Å². The molecule has 0 aromatic carbocycles. The molecular formula is C9H14N2O. The number of carbonyl (C=O) groups is 1. The summed E-state index contributed by atoms with van der Waals surface area (Å²) in [5.74, 6) is -0.0576. The van der Waals surface area contributed by atoms with Gasteiger partial charge in [-0.1, -0.05) is 6.92 Å². The van der Waals surface area contributed by atoms with Gasteiger partial charge in [0.1, 0.15) is 5.69 Å². The molecule has 0 spiro atoms. The SMILES string of the molecule is CCc1cc(C(=O)NC)[nH]c1C. The summed E-state index contributed by atoms with van der Waals surface area (Å²) in [6.45, 7) is 4.05. The van der Waals surface area contributed by atoms with Crippen LogP contribution in [0.1, 0.15) is 28.7 Å². The van der Waals surface area contributed by atoms with E-state index in [1.807, 2.05) is 13.0 Å². The van der Waals surface area contributed by atoms with Crippen molar-refractivity contribution < 1.29 is 4.79 Å².